The first kappa shape index (κ1) is 21.2. The zero-order chi connectivity index (χ0) is 21.1. The molecule has 0 saturated carbocycles. The molecular weight excluding hydrogens is 442 g/mol. The van der Waals surface area contributed by atoms with Crippen molar-refractivity contribution in [1.82, 2.24) is 4.90 Å². The fraction of sp³-hybridized carbons (Fsp3) is 0.333. The standard InChI is InChI=1S/C21H22ClN3O3S2/c22-16-7-4-8-17(11-16)23-20(26)12-29-21-24-18-13-30(27,28)14-19(18)25(21)10-9-15-5-2-1-3-6-15/h1-8,11,18-19H,9-10,12-14H2,(H,23,26)/t18-,19+/m0/s1. The van der Waals surface area contributed by atoms with Gasteiger partial charge in [-0.15, -0.1) is 0 Å². The fourth-order valence-corrected chi connectivity index (χ4v) is 6.76. The Balaban J connectivity index is 1.41. The summed E-state index contributed by atoms with van der Waals surface area (Å²) in [5.74, 6) is 0.240. The predicted molar refractivity (Wildman–Crippen MR) is 123 cm³/mol. The summed E-state index contributed by atoms with van der Waals surface area (Å²) >= 11 is 7.31. The van der Waals surface area contributed by atoms with E-state index in [0.717, 1.165) is 11.6 Å². The van der Waals surface area contributed by atoms with E-state index in [1.807, 2.05) is 18.2 Å². The number of fused-ring (bicyclic) bond motifs is 1. The van der Waals surface area contributed by atoms with Gasteiger partial charge in [-0.25, -0.2) is 8.42 Å². The summed E-state index contributed by atoms with van der Waals surface area (Å²) < 4.78 is 24.2. The lowest BCUT2D eigenvalue weighted by molar-refractivity contribution is -0.113. The van der Waals surface area contributed by atoms with Crippen molar-refractivity contribution in [3.63, 3.8) is 0 Å². The molecule has 1 fully saturated rings. The molecule has 6 nitrogen and oxygen atoms in total. The molecule has 2 aliphatic rings. The van der Waals surface area contributed by atoms with Crippen LogP contribution in [-0.2, 0) is 21.1 Å². The second kappa shape index (κ2) is 8.99. The van der Waals surface area contributed by atoms with E-state index < -0.39 is 9.84 Å². The number of sulfone groups is 1. The van der Waals surface area contributed by atoms with E-state index in [2.05, 4.69) is 27.3 Å². The number of nitrogens with one attached hydrogen (secondary N) is 1. The Morgan fingerprint density at radius 1 is 1.17 bits per heavy atom. The van der Waals surface area contributed by atoms with Crippen LogP contribution in [0.15, 0.2) is 59.6 Å². The second-order valence-electron chi connectivity index (χ2n) is 7.40. The van der Waals surface area contributed by atoms with Gasteiger partial charge >= 0.3 is 0 Å². The number of amides is 1. The number of benzene rings is 2. The van der Waals surface area contributed by atoms with Gasteiger partial charge in [-0.3, -0.25) is 9.79 Å². The molecule has 0 spiro atoms. The Kier molecular flexibility index (Phi) is 6.36. The highest BCUT2D eigenvalue weighted by molar-refractivity contribution is 8.14. The predicted octanol–water partition coefficient (Wildman–Crippen LogP) is 3.09. The second-order valence-corrected chi connectivity index (χ2v) is 10.9. The maximum absolute atomic E-state index is 12.4. The molecule has 4 rings (SSSR count). The van der Waals surface area contributed by atoms with Gasteiger partial charge in [-0.1, -0.05) is 59.8 Å². The van der Waals surface area contributed by atoms with Crippen LogP contribution in [0, 0.1) is 0 Å². The van der Waals surface area contributed by atoms with Crippen molar-refractivity contribution in [1.29, 1.82) is 0 Å². The van der Waals surface area contributed by atoms with Gasteiger partial charge in [-0.2, -0.15) is 0 Å². The molecule has 158 valence electrons. The SMILES string of the molecule is O=C(CSC1=N[C@H]2CS(=O)(=O)C[C@H]2N1CCc1ccccc1)Nc1cccc(Cl)c1. The largest absolute Gasteiger partial charge is 0.345 e. The highest BCUT2D eigenvalue weighted by Gasteiger charge is 2.46. The molecule has 2 aliphatic heterocycles. The van der Waals surface area contributed by atoms with E-state index in [1.165, 1.54) is 17.3 Å². The van der Waals surface area contributed by atoms with Crippen molar-refractivity contribution in [3.05, 3.63) is 65.2 Å². The molecule has 2 aromatic carbocycles. The van der Waals surface area contributed by atoms with Crippen molar-refractivity contribution < 1.29 is 13.2 Å². The van der Waals surface area contributed by atoms with Gasteiger partial charge < -0.3 is 10.2 Å². The van der Waals surface area contributed by atoms with Crippen LogP contribution >= 0.6 is 23.4 Å². The van der Waals surface area contributed by atoms with E-state index in [4.69, 9.17) is 11.6 Å². The number of hydrogen-bond donors (Lipinski definition) is 1. The average molecular weight is 464 g/mol. The molecular formula is C21H22ClN3O3S2. The minimum Gasteiger partial charge on any atom is -0.345 e. The van der Waals surface area contributed by atoms with Crippen molar-refractivity contribution in [2.45, 2.75) is 18.5 Å². The summed E-state index contributed by atoms with van der Waals surface area (Å²) in [5.41, 5.74) is 1.83. The van der Waals surface area contributed by atoms with Gasteiger partial charge in [0.25, 0.3) is 0 Å². The Hall–Kier alpha value is -2.03. The molecule has 2 atom stereocenters. The number of halogens is 1. The van der Waals surface area contributed by atoms with Crippen LogP contribution in [0.5, 0.6) is 0 Å². The number of nitrogens with zero attached hydrogens (tertiary/aromatic N) is 2. The van der Waals surface area contributed by atoms with Crippen LogP contribution in [0.2, 0.25) is 5.02 Å². The van der Waals surface area contributed by atoms with Crippen LogP contribution in [0.3, 0.4) is 0 Å². The molecule has 2 heterocycles. The summed E-state index contributed by atoms with van der Waals surface area (Å²) in [7, 11) is -3.07. The zero-order valence-corrected chi connectivity index (χ0v) is 18.6. The number of aliphatic imine (C=N–C) groups is 1. The van der Waals surface area contributed by atoms with Crippen molar-refractivity contribution in [2.75, 3.05) is 29.1 Å². The fourth-order valence-electron chi connectivity index (χ4n) is 3.76. The third-order valence-corrected chi connectivity index (χ3v) is 8.08. The number of carbonyl (C=O) groups is 1. The minimum atomic E-state index is -3.07. The van der Waals surface area contributed by atoms with Crippen molar-refractivity contribution in [2.24, 2.45) is 4.99 Å². The topological polar surface area (TPSA) is 78.8 Å². The first-order valence-corrected chi connectivity index (χ1v) is 12.9. The number of hydrogen-bond acceptors (Lipinski definition) is 6. The van der Waals surface area contributed by atoms with Gasteiger partial charge in [0.1, 0.15) is 0 Å². The van der Waals surface area contributed by atoms with Crippen LogP contribution in [0.25, 0.3) is 0 Å². The third-order valence-electron chi connectivity index (χ3n) is 5.14. The zero-order valence-electron chi connectivity index (χ0n) is 16.2. The number of rotatable bonds is 6. The lowest BCUT2D eigenvalue weighted by Gasteiger charge is -2.26. The van der Waals surface area contributed by atoms with Gasteiger partial charge in [0.05, 0.1) is 29.3 Å². The van der Waals surface area contributed by atoms with Crippen molar-refractivity contribution >= 4 is 50.0 Å². The monoisotopic (exact) mass is 463 g/mol. The lowest BCUT2D eigenvalue weighted by atomic mass is 10.1. The van der Waals surface area contributed by atoms with E-state index in [-0.39, 0.29) is 35.2 Å². The summed E-state index contributed by atoms with van der Waals surface area (Å²) in [6.45, 7) is 0.669. The van der Waals surface area contributed by atoms with Crippen LogP contribution in [0.1, 0.15) is 5.56 Å². The Bertz CT molecular complexity index is 1060. The third kappa shape index (κ3) is 5.17. The molecule has 2 aromatic rings. The summed E-state index contributed by atoms with van der Waals surface area (Å²) in [4.78, 5) is 19.1. The van der Waals surface area contributed by atoms with Crippen LogP contribution < -0.4 is 5.32 Å². The first-order valence-electron chi connectivity index (χ1n) is 9.67. The number of carbonyl (C=O) groups excluding carboxylic acids is 1. The highest BCUT2D eigenvalue weighted by Crippen LogP contribution is 2.31. The Morgan fingerprint density at radius 3 is 2.73 bits per heavy atom. The molecule has 0 unspecified atom stereocenters. The number of amidine groups is 1. The van der Waals surface area contributed by atoms with E-state index in [1.54, 1.807) is 24.3 Å². The van der Waals surface area contributed by atoms with Crippen molar-refractivity contribution in [3.8, 4) is 0 Å². The summed E-state index contributed by atoms with van der Waals surface area (Å²) in [5, 5.41) is 4.13. The molecule has 9 heteroatoms. The lowest BCUT2D eigenvalue weighted by Crippen LogP contribution is -2.40. The first-order chi connectivity index (χ1) is 14.4. The van der Waals surface area contributed by atoms with E-state index in [9.17, 15) is 13.2 Å². The van der Waals surface area contributed by atoms with Gasteiger partial charge in [0, 0.05) is 17.3 Å². The smallest absolute Gasteiger partial charge is 0.234 e. The molecule has 0 radical (unpaired) electrons. The molecule has 30 heavy (non-hydrogen) atoms. The molecule has 0 bridgehead atoms. The van der Waals surface area contributed by atoms with Gasteiger partial charge in [-0.05, 0) is 30.2 Å². The highest BCUT2D eigenvalue weighted by atomic mass is 35.5. The Labute approximate surface area is 185 Å². The van der Waals surface area contributed by atoms with Gasteiger partial charge in [0.2, 0.25) is 5.91 Å². The van der Waals surface area contributed by atoms with Crippen LogP contribution in [-0.4, -0.2) is 60.3 Å². The molecule has 0 aliphatic carbocycles. The van der Waals surface area contributed by atoms with E-state index >= 15 is 0 Å². The molecule has 1 amide bonds. The number of anilines is 1. The van der Waals surface area contributed by atoms with Crippen LogP contribution in [0.4, 0.5) is 5.69 Å². The quantitative estimate of drug-likeness (QED) is 0.712. The normalized spacial score (nSPS) is 21.9. The van der Waals surface area contributed by atoms with E-state index in [0.29, 0.717) is 17.3 Å². The number of thioether (sulfide) groups is 1. The Morgan fingerprint density at radius 2 is 1.97 bits per heavy atom. The molecule has 1 N–H and O–H groups in total. The minimum absolute atomic E-state index is 0.0816. The molecule has 0 aromatic heterocycles. The average Bonchev–Trinajstić information content (AvgIpc) is 3.17. The summed E-state index contributed by atoms with van der Waals surface area (Å²) in [6.07, 6.45) is 0.790. The van der Waals surface area contributed by atoms with Gasteiger partial charge in [0.15, 0.2) is 15.0 Å². The molecule has 1 saturated heterocycles. The maximum Gasteiger partial charge on any atom is 0.234 e. The maximum atomic E-state index is 12.4. The summed E-state index contributed by atoms with van der Waals surface area (Å²) in [6, 6.07) is 16.7.